The molecule has 2 unspecified atom stereocenters. The zero-order valence-corrected chi connectivity index (χ0v) is 6.12. The minimum absolute atomic E-state index is 0.590. The Kier molecular flexibility index (Phi) is 0.823. The molecule has 0 bridgehead atoms. The molecule has 0 fully saturated rings. The van der Waals surface area contributed by atoms with Gasteiger partial charge in [-0.3, -0.25) is 0 Å². The second-order valence-corrected chi connectivity index (χ2v) is 3.17. The number of rotatable bonds is 0. The molecule has 0 radical (unpaired) electrons. The van der Waals surface area contributed by atoms with Crippen LogP contribution in [0.2, 0.25) is 0 Å². The molecular weight excluding hydrogens is 134 g/mol. The van der Waals surface area contributed by atoms with Gasteiger partial charge in [0.05, 0.1) is 6.04 Å². The van der Waals surface area contributed by atoms with Gasteiger partial charge in [-0.2, -0.15) is 0 Å². The Balaban J connectivity index is 2.19. The van der Waals surface area contributed by atoms with Gasteiger partial charge in [0.25, 0.3) is 0 Å². The minimum atomic E-state index is 0.590. The molecule has 54 valence electrons. The zero-order valence-electron chi connectivity index (χ0n) is 6.12. The summed E-state index contributed by atoms with van der Waals surface area (Å²) in [5, 5.41) is 3.45. The lowest BCUT2D eigenvalue weighted by Crippen LogP contribution is -2.23. The van der Waals surface area contributed by atoms with Crippen molar-refractivity contribution in [3.8, 4) is 0 Å². The van der Waals surface area contributed by atoms with E-state index in [4.69, 9.17) is 0 Å². The summed E-state index contributed by atoms with van der Waals surface area (Å²) in [5.41, 5.74) is 2.77. The van der Waals surface area contributed by atoms with Gasteiger partial charge in [0.1, 0.15) is 0 Å². The van der Waals surface area contributed by atoms with Crippen molar-refractivity contribution in [2.75, 3.05) is 5.32 Å². The lowest BCUT2D eigenvalue weighted by atomic mass is 9.86. The number of nitrogens with one attached hydrogen (secondary N) is 1. The molecule has 11 heavy (non-hydrogen) atoms. The highest BCUT2D eigenvalue weighted by atomic mass is 15.0. The summed E-state index contributed by atoms with van der Waals surface area (Å²) in [6, 6.07) is 9.13. The highest BCUT2D eigenvalue weighted by Crippen LogP contribution is 2.41. The first-order valence-electron chi connectivity index (χ1n) is 3.99. The predicted octanol–water partition coefficient (Wildman–Crippen LogP) is 2.13. The van der Waals surface area contributed by atoms with Gasteiger partial charge in [0, 0.05) is 11.6 Å². The second-order valence-electron chi connectivity index (χ2n) is 3.17. The molecule has 1 aliphatic carbocycles. The highest BCUT2D eigenvalue weighted by Gasteiger charge is 2.33. The smallest absolute Gasteiger partial charge is 0.0548 e. The molecular formula is C10H9N. The van der Waals surface area contributed by atoms with E-state index in [0.717, 1.165) is 0 Å². The van der Waals surface area contributed by atoms with Gasteiger partial charge in [-0.15, -0.1) is 0 Å². The Morgan fingerprint density at radius 1 is 1.09 bits per heavy atom. The normalized spacial score (nSPS) is 30.2. The van der Waals surface area contributed by atoms with Crippen LogP contribution in [0.1, 0.15) is 11.5 Å². The molecule has 1 aromatic rings. The first kappa shape index (κ1) is 5.42. The first-order valence-corrected chi connectivity index (χ1v) is 3.99. The van der Waals surface area contributed by atoms with Crippen LogP contribution in [0.3, 0.4) is 0 Å². The Morgan fingerprint density at radius 2 is 2.00 bits per heavy atom. The van der Waals surface area contributed by atoms with Gasteiger partial charge in [-0.05, 0) is 11.6 Å². The van der Waals surface area contributed by atoms with Gasteiger partial charge in [-0.25, -0.2) is 0 Å². The van der Waals surface area contributed by atoms with Crippen molar-refractivity contribution in [3.63, 3.8) is 0 Å². The van der Waals surface area contributed by atoms with Gasteiger partial charge in [0.2, 0.25) is 0 Å². The van der Waals surface area contributed by atoms with Crippen molar-refractivity contribution in [3.05, 3.63) is 42.0 Å². The average molecular weight is 143 g/mol. The molecule has 1 heterocycles. The lowest BCUT2D eigenvalue weighted by Gasteiger charge is -2.21. The zero-order chi connectivity index (χ0) is 7.26. The van der Waals surface area contributed by atoms with Gasteiger partial charge >= 0.3 is 0 Å². The molecule has 0 saturated heterocycles. The third kappa shape index (κ3) is 0.559. The average Bonchev–Trinajstić information content (AvgIpc) is 2.23. The molecule has 0 spiro atoms. The molecule has 1 aliphatic heterocycles. The Morgan fingerprint density at radius 3 is 2.82 bits per heavy atom. The number of anilines is 1. The van der Waals surface area contributed by atoms with Crippen molar-refractivity contribution in [1.82, 2.24) is 0 Å². The quantitative estimate of drug-likeness (QED) is 0.548. The van der Waals surface area contributed by atoms with E-state index in [-0.39, 0.29) is 0 Å². The van der Waals surface area contributed by atoms with E-state index >= 15 is 0 Å². The van der Waals surface area contributed by atoms with Crippen LogP contribution in [0.15, 0.2) is 36.4 Å². The molecule has 0 amide bonds. The molecule has 0 saturated carbocycles. The maximum atomic E-state index is 3.45. The largest absolute Gasteiger partial charge is 0.378 e. The number of para-hydroxylation sites is 1. The number of benzene rings is 1. The molecule has 3 rings (SSSR count). The number of fused-ring (bicyclic) bond motifs is 3. The SMILES string of the molecule is C1=CC2c3ccccc3NC12. The standard InChI is InChI=1S/C10H9N/c1-2-4-9-7(3-1)8-5-6-10(8)11-9/h1-6,8,10-11H. The molecule has 2 atom stereocenters. The lowest BCUT2D eigenvalue weighted by molar-refractivity contribution is 0.746. The van der Waals surface area contributed by atoms with E-state index in [1.165, 1.54) is 11.3 Å². The van der Waals surface area contributed by atoms with Crippen LogP contribution in [0.25, 0.3) is 0 Å². The van der Waals surface area contributed by atoms with E-state index in [9.17, 15) is 0 Å². The topological polar surface area (TPSA) is 12.0 Å². The summed E-state index contributed by atoms with van der Waals surface area (Å²) in [4.78, 5) is 0. The Hall–Kier alpha value is -1.24. The summed E-state index contributed by atoms with van der Waals surface area (Å²) in [6.45, 7) is 0. The highest BCUT2D eigenvalue weighted by molar-refractivity contribution is 5.64. The van der Waals surface area contributed by atoms with E-state index in [2.05, 4.69) is 41.7 Å². The van der Waals surface area contributed by atoms with Crippen molar-refractivity contribution in [2.24, 2.45) is 0 Å². The maximum absolute atomic E-state index is 3.45. The van der Waals surface area contributed by atoms with Crippen LogP contribution in [0.4, 0.5) is 5.69 Å². The molecule has 2 aliphatic rings. The molecule has 1 aromatic carbocycles. The fourth-order valence-corrected chi connectivity index (χ4v) is 1.87. The third-order valence-corrected chi connectivity index (χ3v) is 2.55. The van der Waals surface area contributed by atoms with Gasteiger partial charge in [0.15, 0.2) is 0 Å². The molecule has 0 aromatic heterocycles. The first-order chi connectivity index (χ1) is 5.45. The second kappa shape index (κ2) is 1.67. The third-order valence-electron chi connectivity index (χ3n) is 2.55. The van der Waals surface area contributed by atoms with Crippen molar-refractivity contribution in [1.29, 1.82) is 0 Å². The van der Waals surface area contributed by atoms with Crippen molar-refractivity contribution < 1.29 is 0 Å². The van der Waals surface area contributed by atoms with E-state index in [0.29, 0.717) is 12.0 Å². The maximum Gasteiger partial charge on any atom is 0.0548 e. The number of hydrogen-bond acceptors (Lipinski definition) is 1. The molecule has 1 heteroatoms. The number of hydrogen-bond donors (Lipinski definition) is 1. The van der Waals surface area contributed by atoms with E-state index < -0.39 is 0 Å². The molecule has 1 nitrogen and oxygen atoms in total. The fourth-order valence-electron chi connectivity index (χ4n) is 1.87. The van der Waals surface area contributed by atoms with Crippen molar-refractivity contribution >= 4 is 5.69 Å². The monoisotopic (exact) mass is 143 g/mol. The summed E-state index contributed by atoms with van der Waals surface area (Å²) >= 11 is 0. The van der Waals surface area contributed by atoms with Crippen molar-refractivity contribution in [2.45, 2.75) is 12.0 Å². The summed E-state index contributed by atoms with van der Waals surface area (Å²) in [5.74, 6) is 0.659. The van der Waals surface area contributed by atoms with E-state index in [1.54, 1.807) is 0 Å². The van der Waals surface area contributed by atoms with Gasteiger partial charge < -0.3 is 5.32 Å². The summed E-state index contributed by atoms with van der Waals surface area (Å²) < 4.78 is 0. The summed E-state index contributed by atoms with van der Waals surface area (Å²) in [7, 11) is 0. The summed E-state index contributed by atoms with van der Waals surface area (Å²) in [6.07, 6.45) is 4.49. The Bertz CT molecular complexity index is 327. The fraction of sp³-hybridized carbons (Fsp3) is 0.200. The predicted molar refractivity (Wildman–Crippen MR) is 45.7 cm³/mol. The van der Waals surface area contributed by atoms with Crippen LogP contribution in [-0.2, 0) is 0 Å². The molecule has 1 N–H and O–H groups in total. The van der Waals surface area contributed by atoms with E-state index in [1.807, 2.05) is 0 Å². The van der Waals surface area contributed by atoms with Crippen LogP contribution in [0, 0.1) is 0 Å². The Labute approximate surface area is 65.7 Å². The van der Waals surface area contributed by atoms with Crippen LogP contribution >= 0.6 is 0 Å². The van der Waals surface area contributed by atoms with Crippen LogP contribution < -0.4 is 5.32 Å². The van der Waals surface area contributed by atoms with Crippen LogP contribution in [0.5, 0.6) is 0 Å². The minimum Gasteiger partial charge on any atom is -0.378 e. The van der Waals surface area contributed by atoms with Crippen LogP contribution in [-0.4, -0.2) is 6.04 Å². The van der Waals surface area contributed by atoms with Gasteiger partial charge in [-0.1, -0.05) is 30.4 Å².